The van der Waals surface area contributed by atoms with Crippen molar-refractivity contribution < 1.29 is 74.0 Å². The van der Waals surface area contributed by atoms with Crippen molar-refractivity contribution >= 4 is 209 Å². The zero-order chi connectivity index (χ0) is 110. The quantitative estimate of drug-likeness (QED) is 0.0227. The van der Waals surface area contributed by atoms with Gasteiger partial charge in [-0.25, -0.2) is 29.9 Å². The zero-order valence-corrected chi connectivity index (χ0v) is 94.6. The van der Waals surface area contributed by atoms with Gasteiger partial charge in [0.05, 0.1) is 91.6 Å². The first kappa shape index (κ1) is 118. The van der Waals surface area contributed by atoms with Crippen LogP contribution < -0.4 is 66.9 Å². The Balaban J connectivity index is 0.000000150. The van der Waals surface area contributed by atoms with Crippen molar-refractivity contribution in [3.8, 4) is 0 Å². The SMILES string of the molecule is C=P(C)(C)CCC1OC(n2cnc3c(=O)[nH]c(N)nc32)[C@H](Br)[C@@H]1O.C=P(C)(C)CCC1OC(n2cnc3c(=O)[nH]c(N)nc32)[C@H](C)[C@@H]1O.C=P(C)(C)CCC1OC(n2cnc3c(=O)[nH]c(N)nc32)[C@H](Cl)[C@@H]1O.C=P(C)(C)CCC1OC(n2cnc3c(=O)[nH]c(N)nc32)[C@H](OC)[C@@H]1O.C=P(C)(C)CCC1OC(n2cnc3c(=O)[nH]c(NCC)nc32)[C@H](O)[C@@H]1O.C=P(C)(C)CCC1OC(n2cnc3c(=O)[nH]c(NCCC)nc32)[C@H](O)[C@@H]1O. The number of rotatable bonds is 30. The van der Waals surface area contributed by atoms with E-state index < -0.39 is 174 Å². The van der Waals surface area contributed by atoms with Gasteiger partial charge < -0.3 is 108 Å². The second-order valence-corrected chi connectivity index (χ2v) is 70.0. The Morgan fingerprint density at radius 3 is 0.940 bits per heavy atom. The molecule has 0 spiro atoms. The molecule has 0 aliphatic carbocycles. The van der Waals surface area contributed by atoms with Gasteiger partial charge in [-0.2, -0.15) is 29.9 Å². The largest absolute Gasteiger partial charge is 0.390 e. The van der Waals surface area contributed by atoms with Gasteiger partial charge in [-0.15, -0.1) is 90.7 Å². The molecule has 12 unspecified atom stereocenters. The fourth-order valence-electron chi connectivity index (χ4n) is 17.8. The molecule has 6 saturated heterocycles. The number of anilines is 6. The van der Waals surface area contributed by atoms with E-state index >= 15 is 0 Å². The van der Waals surface area contributed by atoms with Crippen LogP contribution in [0.15, 0.2) is 66.7 Å². The first-order valence-electron chi connectivity index (χ1n) is 48.7. The first-order valence-corrected chi connectivity index (χ1v) is 68.4. The molecular weight excluding hydrogens is 2150 g/mol. The molecule has 59 heteroatoms. The normalized spacial score (nSPS) is 27.2. The van der Waals surface area contributed by atoms with Gasteiger partial charge in [0.2, 0.25) is 35.7 Å². The van der Waals surface area contributed by atoms with Crippen LogP contribution in [0.1, 0.15) is 103 Å². The minimum atomic E-state index is -1.27. The summed E-state index contributed by atoms with van der Waals surface area (Å²) in [4.78, 5) is 136. The van der Waals surface area contributed by atoms with Crippen molar-refractivity contribution in [1.82, 2.24) is 117 Å². The molecule has 6 aliphatic heterocycles. The number of fused-ring (bicyclic) bond motifs is 6. The molecule has 24 N–H and O–H groups in total. The van der Waals surface area contributed by atoms with E-state index in [1.807, 2.05) is 20.8 Å². The molecule has 150 heavy (non-hydrogen) atoms. The number of nitrogens with two attached hydrogens (primary N) is 4. The van der Waals surface area contributed by atoms with Crippen LogP contribution in [-0.4, -0.2) is 435 Å². The lowest BCUT2D eigenvalue weighted by Crippen LogP contribution is -2.33. The van der Waals surface area contributed by atoms with Crippen molar-refractivity contribution in [2.45, 2.75) is 205 Å². The van der Waals surface area contributed by atoms with Gasteiger partial charge in [-0.05, 0) is 169 Å². The number of H-pyrrole nitrogens is 6. The Morgan fingerprint density at radius 2 is 0.613 bits per heavy atom. The van der Waals surface area contributed by atoms with E-state index in [1.165, 1.54) is 54.2 Å². The van der Waals surface area contributed by atoms with Crippen molar-refractivity contribution in [2.75, 3.05) is 171 Å². The fourth-order valence-corrected chi connectivity index (χ4v) is 24.6. The third kappa shape index (κ3) is 28.2. The van der Waals surface area contributed by atoms with Gasteiger partial charge in [0, 0.05) is 26.1 Å². The maximum Gasteiger partial charge on any atom is 0.280 e. The number of nitrogen functional groups attached to an aromatic ring is 4. The summed E-state index contributed by atoms with van der Waals surface area (Å²) in [5.41, 5.74) is 23.0. The molecule has 0 saturated carbocycles. The standard InChI is InChI=1S/C17H28N5O4P.C16H26N5O4P.C15H24N5O4P.C15H24N5O3P.C14H21BrN5O3P.C14H21ClN5O3P/c1-5-7-18-17-20-14-11(15(25)21-17)19-9-22(14)16-13(24)12(23)10(26-16)6-8-27(2,3)4;1-5-17-16-19-13-10(14(24)20-16)18-8-21(13)15-12(23)11(22)9(25-15)6-7-26(2,3)4;1-23-11-10(21)8(5-6-25(2,3)4)24-14(11)20-7-17-9-12(20)18-15(16)19-13(9)22;1-8-11(21)9(5-6-24(2,3)4)23-14(8)20-7-17-10-12(20)18-15(16)19-13(10)22;2*1-24(2,3)5-4-7-10(21)8(15)13(23-7)20-6-17-9-11(20)18-14(16)19-12(9)22/h9-10,12-13,16,23-24H,2,5-8H2,1,3-4H3,(H2,18,20,21,25);8-9,11-12,15,22-23H,2,5-7H2,1,3-4H3,(H2,17,19,20,24);7-8,10-11,14,21H,2,5-6H2,1,3-4H3,(H3,16,18,19,22);7-9,11,14,21H,2,5-6H2,1,3-4H3,(H3,16,18,19,22);2*6-8,10,13,21H,1,4-5H2,2-3H3,(H3,16,18,19,22)/t10?,12-,13-,16?;9?,11-,12-,15?;8?,10-,11-,14?;8-,9?,11+,14?;2*7?,8-,10-,13?/m111111/s1. The summed E-state index contributed by atoms with van der Waals surface area (Å²) in [6.07, 6.45) is 30.0. The fraction of sp³-hybridized carbons (Fsp3) is 0.604. The van der Waals surface area contributed by atoms with Crippen molar-refractivity contribution in [3.63, 3.8) is 0 Å². The lowest BCUT2D eigenvalue weighted by Gasteiger charge is -2.19. The van der Waals surface area contributed by atoms with Crippen LogP contribution in [0.4, 0.5) is 35.7 Å². The van der Waals surface area contributed by atoms with Gasteiger partial charge >= 0.3 is 0 Å². The highest BCUT2D eigenvalue weighted by Crippen LogP contribution is 2.49. The predicted molar refractivity (Wildman–Crippen MR) is 606 cm³/mol. The number of nitrogens with one attached hydrogen (secondary N) is 8. The third-order valence-corrected chi connectivity index (χ3v) is 36.1. The van der Waals surface area contributed by atoms with Gasteiger partial charge in [-0.3, -0.25) is 86.1 Å². The summed E-state index contributed by atoms with van der Waals surface area (Å²) in [6, 6.07) is 0. The highest BCUT2D eigenvalue weighted by atomic mass is 79.9. The zero-order valence-electron chi connectivity index (χ0n) is 86.9. The van der Waals surface area contributed by atoms with Crippen LogP contribution in [0.3, 0.4) is 0 Å². The van der Waals surface area contributed by atoms with E-state index in [0.29, 0.717) is 78.9 Å². The number of alkyl halides is 2. The van der Waals surface area contributed by atoms with E-state index in [1.54, 1.807) is 18.3 Å². The Hall–Kier alpha value is -9.13. The first-order chi connectivity index (χ1) is 70.1. The summed E-state index contributed by atoms with van der Waals surface area (Å²) >= 11 is 9.87. The number of aromatic amines is 6. The van der Waals surface area contributed by atoms with E-state index in [4.69, 9.17) is 67.7 Å². The minimum Gasteiger partial charge on any atom is -0.390 e. The second kappa shape index (κ2) is 48.1. The molecule has 6 aliphatic rings. The van der Waals surface area contributed by atoms with Crippen LogP contribution in [0.2, 0.25) is 0 Å². The number of aromatic nitrogens is 24. The summed E-state index contributed by atoms with van der Waals surface area (Å²) < 4.78 is 50.9. The lowest BCUT2D eigenvalue weighted by atomic mass is 10.0. The van der Waals surface area contributed by atoms with E-state index in [2.05, 4.69) is 234 Å². The smallest absolute Gasteiger partial charge is 0.280 e. The lowest BCUT2D eigenvalue weighted by molar-refractivity contribution is -0.0496. The Bertz CT molecular complexity index is 7140. The molecule has 0 bridgehead atoms. The summed E-state index contributed by atoms with van der Waals surface area (Å²) in [5, 5.41) is 89.0. The highest BCUT2D eigenvalue weighted by Gasteiger charge is 2.51. The average Bonchev–Trinajstić information content (AvgIpc) is 1.64. The van der Waals surface area contributed by atoms with E-state index in [-0.39, 0.29) is 108 Å². The van der Waals surface area contributed by atoms with Crippen LogP contribution in [0.25, 0.3) is 67.0 Å². The van der Waals surface area contributed by atoms with Gasteiger partial charge in [0.1, 0.15) is 54.3 Å². The summed E-state index contributed by atoms with van der Waals surface area (Å²) in [5.74, 6) is 0.524. The number of hydrogen-bond acceptors (Lipinski definition) is 39. The van der Waals surface area contributed by atoms with Crippen molar-refractivity contribution in [3.05, 3.63) is 100 Å². The van der Waals surface area contributed by atoms with Crippen LogP contribution in [0, 0.1) is 5.92 Å². The Morgan fingerprint density at radius 1 is 0.360 bits per heavy atom. The molecule has 6 fully saturated rings. The molecule has 18 rings (SSSR count). The molecule has 18 heterocycles. The minimum absolute atomic E-state index is 0.00748. The molecule has 24 atom stereocenters. The van der Waals surface area contributed by atoms with Gasteiger partial charge in [0.15, 0.2) is 98.1 Å². The molecule has 828 valence electrons. The number of imidazole rings is 6. The number of methoxy groups -OCH3 is 1. The maximum atomic E-state index is 12.2. The maximum absolute atomic E-state index is 12.2. The van der Waals surface area contributed by atoms with Gasteiger partial charge in [-0.1, -0.05) is 29.8 Å². The molecule has 51 nitrogen and oxygen atoms in total. The predicted octanol–water partition coefficient (Wildman–Crippen LogP) is 3.19. The van der Waals surface area contributed by atoms with Crippen LogP contribution in [-0.2, 0) is 33.2 Å². The van der Waals surface area contributed by atoms with Crippen LogP contribution in [0.5, 0.6) is 0 Å². The molecule has 0 radical (unpaired) electrons. The van der Waals surface area contributed by atoms with Crippen molar-refractivity contribution in [1.29, 1.82) is 0 Å². The number of aliphatic hydroxyl groups is 8. The molecule has 12 aromatic rings. The Labute approximate surface area is 876 Å². The number of halogens is 2. The number of ether oxygens (including phenoxy) is 7. The van der Waals surface area contributed by atoms with E-state index in [9.17, 15) is 69.6 Å². The highest BCUT2D eigenvalue weighted by molar-refractivity contribution is 9.09. The van der Waals surface area contributed by atoms with Crippen molar-refractivity contribution in [2.24, 2.45) is 5.92 Å². The van der Waals surface area contributed by atoms with E-state index in [0.717, 1.165) is 56.2 Å². The molecule has 0 aromatic carbocycles. The topological polar surface area (TPSA) is 736 Å². The molecule has 12 aromatic heterocycles. The number of nitrogens with zero attached hydrogens (tertiary/aromatic N) is 18. The second-order valence-electron chi connectivity index (χ2n) is 42.5. The third-order valence-electron chi connectivity index (χ3n) is 25.8. The molecule has 0 amide bonds. The summed E-state index contributed by atoms with van der Waals surface area (Å²) in [6.45, 7) is 25.4. The monoisotopic (exact) mass is 2290 g/mol. The summed E-state index contributed by atoms with van der Waals surface area (Å²) in [7, 11) is 1.51. The molecular formula is C91H144BrClN30O21P6. The van der Waals surface area contributed by atoms with Gasteiger partial charge in [0.25, 0.3) is 33.4 Å². The Kier molecular flexibility index (Phi) is 37.8. The number of aliphatic hydroxyl groups excluding tert-OH is 8. The number of hydrogen-bond donors (Lipinski definition) is 20. The average molecular weight is 2300 g/mol. The van der Waals surface area contributed by atoms with Crippen LogP contribution >= 0.6 is 68.8 Å².